The number of carbonyl (C=O) groups is 2. The molecule has 0 saturated carbocycles. The lowest BCUT2D eigenvalue weighted by Crippen LogP contribution is -2.43. The van der Waals surface area contributed by atoms with E-state index < -0.39 is 27.9 Å². The van der Waals surface area contributed by atoms with Gasteiger partial charge in [-0.2, -0.15) is 0 Å². The summed E-state index contributed by atoms with van der Waals surface area (Å²) in [6.45, 7) is 0.686. The zero-order chi connectivity index (χ0) is 14.8. The summed E-state index contributed by atoms with van der Waals surface area (Å²) >= 11 is 0. The van der Waals surface area contributed by atoms with Crippen LogP contribution in [0.2, 0.25) is 0 Å². The number of carbonyl (C=O) groups excluding carboxylic acids is 1. The van der Waals surface area contributed by atoms with Crippen LogP contribution in [0.5, 0.6) is 0 Å². The van der Waals surface area contributed by atoms with E-state index >= 15 is 0 Å². The normalized spacial score (nSPS) is 18.7. The molecule has 1 aromatic carbocycles. The Bertz CT molecular complexity index is 618. The van der Waals surface area contributed by atoms with Crippen molar-refractivity contribution in [2.75, 3.05) is 6.54 Å². The number of aromatic carboxylic acids is 1. The van der Waals surface area contributed by atoms with Crippen LogP contribution in [0.25, 0.3) is 0 Å². The number of nitrogens with one attached hydrogen (secondary N) is 2. The Morgan fingerprint density at radius 2 is 1.90 bits per heavy atom. The zero-order valence-corrected chi connectivity index (χ0v) is 11.3. The van der Waals surface area contributed by atoms with E-state index in [0.717, 1.165) is 18.6 Å². The molecule has 7 nitrogen and oxygen atoms in total. The van der Waals surface area contributed by atoms with Gasteiger partial charge >= 0.3 is 5.97 Å². The van der Waals surface area contributed by atoms with Gasteiger partial charge in [-0.25, -0.2) is 17.9 Å². The van der Waals surface area contributed by atoms with Gasteiger partial charge in [-0.15, -0.1) is 0 Å². The molecule has 1 aliphatic heterocycles. The second-order valence-corrected chi connectivity index (χ2v) is 6.13. The van der Waals surface area contributed by atoms with E-state index in [9.17, 15) is 18.0 Å². The lowest BCUT2D eigenvalue weighted by atomic mass is 10.2. The molecule has 2 rings (SSSR count). The first-order valence-corrected chi connectivity index (χ1v) is 7.52. The highest BCUT2D eigenvalue weighted by Crippen LogP contribution is 2.12. The van der Waals surface area contributed by atoms with Crippen molar-refractivity contribution < 1.29 is 23.1 Å². The number of benzene rings is 1. The van der Waals surface area contributed by atoms with Gasteiger partial charge in [0.1, 0.15) is 0 Å². The third kappa shape index (κ3) is 3.14. The molecule has 1 aliphatic rings. The number of amides is 1. The van der Waals surface area contributed by atoms with E-state index in [0.29, 0.717) is 13.0 Å². The topological polar surface area (TPSA) is 113 Å². The van der Waals surface area contributed by atoms with Gasteiger partial charge in [0.15, 0.2) is 0 Å². The molecule has 20 heavy (non-hydrogen) atoms. The summed E-state index contributed by atoms with van der Waals surface area (Å²) in [7, 11) is -3.97. The Morgan fingerprint density at radius 1 is 1.25 bits per heavy atom. The van der Waals surface area contributed by atoms with Crippen molar-refractivity contribution in [2.45, 2.75) is 23.8 Å². The minimum absolute atomic E-state index is 0.0206. The van der Waals surface area contributed by atoms with Gasteiger partial charge in [0.2, 0.25) is 0 Å². The van der Waals surface area contributed by atoms with Gasteiger partial charge < -0.3 is 10.4 Å². The molecule has 1 unspecified atom stereocenters. The van der Waals surface area contributed by atoms with Crippen LogP contribution < -0.4 is 10.0 Å². The van der Waals surface area contributed by atoms with Crippen LogP contribution in [-0.2, 0) is 14.8 Å². The third-order valence-corrected chi connectivity index (χ3v) is 4.39. The molecule has 0 bridgehead atoms. The van der Waals surface area contributed by atoms with Gasteiger partial charge in [0.05, 0.1) is 16.5 Å². The second kappa shape index (κ2) is 5.59. The summed E-state index contributed by atoms with van der Waals surface area (Å²) < 4.78 is 25.9. The molecule has 108 valence electrons. The van der Waals surface area contributed by atoms with E-state index in [1.54, 1.807) is 0 Å². The summed E-state index contributed by atoms with van der Waals surface area (Å²) in [5.74, 6) is -1.74. The Kier molecular flexibility index (Phi) is 4.05. The maximum absolute atomic E-state index is 12.0. The van der Waals surface area contributed by atoms with Crippen molar-refractivity contribution >= 4 is 21.9 Å². The van der Waals surface area contributed by atoms with E-state index in [4.69, 9.17) is 5.11 Å². The molecule has 1 aromatic rings. The molecule has 1 atom stereocenters. The van der Waals surface area contributed by atoms with Crippen molar-refractivity contribution in [1.29, 1.82) is 0 Å². The van der Waals surface area contributed by atoms with Gasteiger partial charge in [-0.05, 0) is 43.7 Å². The Labute approximate surface area is 116 Å². The van der Waals surface area contributed by atoms with Crippen LogP contribution in [0.1, 0.15) is 23.2 Å². The quantitative estimate of drug-likeness (QED) is 0.718. The highest BCUT2D eigenvalue weighted by molar-refractivity contribution is 7.90. The zero-order valence-electron chi connectivity index (χ0n) is 10.5. The molecule has 1 fully saturated rings. The van der Waals surface area contributed by atoms with Gasteiger partial charge in [0.25, 0.3) is 15.9 Å². The molecule has 3 N–H and O–H groups in total. The molecule has 0 spiro atoms. The number of sulfonamides is 1. The lowest BCUT2D eigenvalue weighted by molar-refractivity contribution is -0.121. The molecule has 0 aliphatic carbocycles. The monoisotopic (exact) mass is 298 g/mol. The Hall–Kier alpha value is -1.93. The van der Waals surface area contributed by atoms with E-state index in [-0.39, 0.29) is 10.5 Å². The molecule has 1 heterocycles. The fourth-order valence-corrected chi connectivity index (χ4v) is 2.97. The predicted octanol–water partition coefficient (Wildman–Crippen LogP) is -0.0583. The third-order valence-electron chi connectivity index (χ3n) is 3.02. The Balaban J connectivity index is 2.13. The second-order valence-electron chi connectivity index (χ2n) is 4.45. The molecule has 1 saturated heterocycles. The van der Waals surface area contributed by atoms with Gasteiger partial charge in [-0.1, -0.05) is 0 Å². The van der Waals surface area contributed by atoms with Crippen molar-refractivity contribution in [3.63, 3.8) is 0 Å². The molecule has 1 amide bonds. The number of hydrogen-bond acceptors (Lipinski definition) is 5. The summed E-state index contributed by atoms with van der Waals surface area (Å²) in [6.07, 6.45) is 1.42. The highest BCUT2D eigenvalue weighted by Gasteiger charge is 2.26. The summed E-state index contributed by atoms with van der Waals surface area (Å²) in [5, 5.41) is 11.6. The van der Waals surface area contributed by atoms with Gasteiger partial charge in [0, 0.05) is 0 Å². The van der Waals surface area contributed by atoms with E-state index in [1.165, 1.54) is 12.1 Å². The minimum Gasteiger partial charge on any atom is -0.478 e. The van der Waals surface area contributed by atoms with E-state index in [2.05, 4.69) is 5.32 Å². The number of rotatable bonds is 4. The molecule has 0 radical (unpaired) electrons. The molecular formula is C12H14N2O5S. The van der Waals surface area contributed by atoms with Crippen LogP contribution in [0.3, 0.4) is 0 Å². The Morgan fingerprint density at radius 3 is 2.40 bits per heavy atom. The smallest absolute Gasteiger partial charge is 0.335 e. The summed E-state index contributed by atoms with van der Waals surface area (Å²) in [4.78, 5) is 22.3. The first-order chi connectivity index (χ1) is 9.40. The number of hydrogen-bond donors (Lipinski definition) is 3. The first kappa shape index (κ1) is 14.5. The average molecular weight is 298 g/mol. The van der Waals surface area contributed by atoms with Gasteiger partial charge in [-0.3, -0.25) is 4.79 Å². The van der Waals surface area contributed by atoms with Crippen LogP contribution in [0.15, 0.2) is 29.2 Å². The fourth-order valence-electron chi connectivity index (χ4n) is 1.95. The number of carboxylic acid groups (broad SMARTS) is 1. The maximum atomic E-state index is 12.0. The largest absolute Gasteiger partial charge is 0.478 e. The predicted molar refractivity (Wildman–Crippen MR) is 69.8 cm³/mol. The number of carboxylic acids is 1. The minimum atomic E-state index is -3.97. The molecule has 8 heteroatoms. The van der Waals surface area contributed by atoms with Crippen LogP contribution in [0.4, 0.5) is 0 Å². The maximum Gasteiger partial charge on any atom is 0.335 e. The molecule has 0 aromatic heterocycles. The van der Waals surface area contributed by atoms with Crippen LogP contribution >= 0.6 is 0 Å². The van der Waals surface area contributed by atoms with Crippen molar-refractivity contribution in [2.24, 2.45) is 0 Å². The van der Waals surface area contributed by atoms with Crippen LogP contribution in [-0.4, -0.2) is 38.0 Å². The highest BCUT2D eigenvalue weighted by atomic mass is 32.2. The SMILES string of the molecule is O=C(O)c1ccc(S(=O)(=O)NC(=O)C2CCCN2)cc1. The van der Waals surface area contributed by atoms with Crippen molar-refractivity contribution in [3.05, 3.63) is 29.8 Å². The van der Waals surface area contributed by atoms with Crippen LogP contribution in [0, 0.1) is 0 Å². The summed E-state index contributed by atoms with van der Waals surface area (Å²) in [6, 6.07) is 4.16. The lowest BCUT2D eigenvalue weighted by Gasteiger charge is -2.11. The molecular weight excluding hydrogens is 284 g/mol. The fraction of sp³-hybridized carbons (Fsp3) is 0.333. The van der Waals surface area contributed by atoms with Crippen molar-refractivity contribution in [1.82, 2.24) is 10.0 Å². The van der Waals surface area contributed by atoms with Crippen molar-refractivity contribution in [3.8, 4) is 0 Å². The standard InChI is InChI=1S/C12H14N2O5S/c15-11(10-2-1-7-13-10)14-20(18,19)9-5-3-8(4-6-9)12(16)17/h3-6,10,13H,1-2,7H2,(H,14,15)(H,16,17). The summed E-state index contributed by atoms with van der Waals surface area (Å²) in [5.41, 5.74) is -0.0206. The average Bonchev–Trinajstić information content (AvgIpc) is 2.92. The first-order valence-electron chi connectivity index (χ1n) is 6.03. The van der Waals surface area contributed by atoms with E-state index in [1.807, 2.05) is 4.72 Å².